The summed E-state index contributed by atoms with van der Waals surface area (Å²) in [6, 6.07) is 0. The fraction of sp³-hybridized carbons (Fsp3) is 0.800. The van der Waals surface area contributed by atoms with Crippen molar-refractivity contribution in [2.45, 2.75) is 13.3 Å². The van der Waals surface area contributed by atoms with Crippen LogP contribution in [0.4, 0.5) is 0 Å². The molecule has 0 rings (SSSR count). The molecule has 0 aromatic rings. The SMILES string of the molecule is [2H]C([2H])(CS(=O)(=O)O)C([2H])([2H])NC(C)=O. The molecule has 66 valence electrons. The first-order valence-electron chi connectivity index (χ1n) is 4.61. The van der Waals surface area contributed by atoms with Gasteiger partial charge < -0.3 is 5.32 Å². The van der Waals surface area contributed by atoms with E-state index in [2.05, 4.69) is 0 Å². The van der Waals surface area contributed by atoms with Crippen LogP contribution in [0.3, 0.4) is 0 Å². The fourth-order valence-electron chi connectivity index (χ4n) is 0.259. The summed E-state index contributed by atoms with van der Waals surface area (Å²) in [4.78, 5) is 10.5. The summed E-state index contributed by atoms with van der Waals surface area (Å²) in [6.07, 6.45) is -2.92. The molecule has 0 atom stereocenters. The van der Waals surface area contributed by atoms with Crippen molar-refractivity contribution >= 4 is 16.0 Å². The maximum atomic E-state index is 10.5. The Bertz CT molecular complexity index is 352. The molecule has 5 nitrogen and oxygen atoms in total. The molecule has 0 radical (unpaired) electrons. The van der Waals surface area contributed by atoms with Gasteiger partial charge in [0.1, 0.15) is 0 Å². The van der Waals surface area contributed by atoms with Crippen molar-refractivity contribution in [2.75, 3.05) is 12.2 Å². The predicted octanol–water partition coefficient (Wildman–Crippen LogP) is -0.600. The molecule has 0 bridgehead atoms. The van der Waals surface area contributed by atoms with E-state index in [1.54, 1.807) is 5.32 Å². The monoisotopic (exact) mass is 185 g/mol. The Morgan fingerprint density at radius 1 is 1.73 bits per heavy atom. The van der Waals surface area contributed by atoms with Crippen molar-refractivity contribution in [2.24, 2.45) is 0 Å². The molecule has 0 aromatic heterocycles. The van der Waals surface area contributed by atoms with E-state index < -0.39 is 34.6 Å². The second-order valence-electron chi connectivity index (χ2n) is 1.71. The van der Waals surface area contributed by atoms with Gasteiger partial charge in [0.25, 0.3) is 10.1 Å². The third-order valence-corrected chi connectivity index (χ3v) is 1.09. The molecule has 0 aliphatic heterocycles. The summed E-state index contributed by atoms with van der Waals surface area (Å²) in [5.74, 6) is -2.29. The van der Waals surface area contributed by atoms with Crippen LogP contribution in [0.2, 0.25) is 0 Å². The Morgan fingerprint density at radius 3 is 2.64 bits per heavy atom. The maximum absolute atomic E-state index is 10.5. The summed E-state index contributed by atoms with van der Waals surface area (Å²) >= 11 is 0. The van der Waals surface area contributed by atoms with E-state index in [0.717, 1.165) is 6.92 Å². The summed E-state index contributed by atoms with van der Waals surface area (Å²) in [5, 5.41) is 1.63. The van der Waals surface area contributed by atoms with Gasteiger partial charge >= 0.3 is 0 Å². The minimum absolute atomic E-state index is 0.848. The number of hydrogen-bond donors (Lipinski definition) is 2. The predicted molar refractivity (Wildman–Crippen MR) is 39.7 cm³/mol. The van der Waals surface area contributed by atoms with Gasteiger partial charge in [0.05, 0.1) is 5.75 Å². The van der Waals surface area contributed by atoms with E-state index in [1.807, 2.05) is 0 Å². The van der Waals surface area contributed by atoms with Gasteiger partial charge in [0.15, 0.2) is 0 Å². The van der Waals surface area contributed by atoms with Crippen molar-refractivity contribution in [1.82, 2.24) is 5.32 Å². The zero-order valence-corrected chi connectivity index (χ0v) is 6.60. The van der Waals surface area contributed by atoms with E-state index in [4.69, 9.17) is 10.0 Å². The molecule has 0 heterocycles. The van der Waals surface area contributed by atoms with Crippen LogP contribution in [0.15, 0.2) is 0 Å². The van der Waals surface area contributed by atoms with Crippen molar-refractivity contribution < 1.29 is 23.2 Å². The molecule has 0 saturated heterocycles. The fourth-order valence-corrected chi connectivity index (χ4v) is 0.514. The van der Waals surface area contributed by atoms with Crippen LogP contribution in [0.1, 0.15) is 18.8 Å². The van der Waals surface area contributed by atoms with Gasteiger partial charge in [-0.15, -0.1) is 0 Å². The van der Waals surface area contributed by atoms with E-state index in [-0.39, 0.29) is 0 Å². The van der Waals surface area contributed by atoms with E-state index in [0.29, 0.717) is 0 Å². The van der Waals surface area contributed by atoms with Gasteiger partial charge in [-0.1, -0.05) is 0 Å². The summed E-state index contributed by atoms with van der Waals surface area (Å²) in [5.41, 5.74) is 0. The van der Waals surface area contributed by atoms with E-state index >= 15 is 0 Å². The van der Waals surface area contributed by atoms with Crippen molar-refractivity contribution in [3.8, 4) is 0 Å². The largest absolute Gasteiger partial charge is 0.356 e. The standard InChI is InChI=1S/C5H11NO4S/c1-5(7)6-3-2-4-11(8,9)10/h2-4H2,1H3,(H,6,7)(H,8,9,10)/i2D2,3D2. The first kappa shape index (κ1) is 5.10. The molecule has 0 aliphatic carbocycles. The molecule has 2 N–H and O–H groups in total. The quantitative estimate of drug-likeness (QED) is 0.573. The highest BCUT2D eigenvalue weighted by molar-refractivity contribution is 7.85. The van der Waals surface area contributed by atoms with Gasteiger partial charge in [-0.05, 0) is 6.37 Å². The number of carbonyl (C=O) groups is 1. The molecule has 1 amide bonds. The van der Waals surface area contributed by atoms with Crippen molar-refractivity contribution in [3.05, 3.63) is 0 Å². The van der Waals surface area contributed by atoms with Crippen LogP contribution in [-0.4, -0.2) is 31.1 Å². The molecule has 0 saturated carbocycles. The number of rotatable bonds is 4. The summed E-state index contributed by atoms with van der Waals surface area (Å²) < 4.78 is 57.7. The first-order chi connectivity index (χ1) is 6.37. The molecule has 6 heteroatoms. The Labute approximate surface area is 71.2 Å². The highest BCUT2D eigenvalue weighted by Gasteiger charge is 2.02. The Morgan fingerprint density at radius 2 is 2.27 bits per heavy atom. The summed E-state index contributed by atoms with van der Waals surface area (Å²) in [7, 11) is -4.67. The second-order valence-corrected chi connectivity index (χ2v) is 3.16. The van der Waals surface area contributed by atoms with Crippen LogP contribution >= 0.6 is 0 Å². The number of nitrogens with one attached hydrogen (secondary N) is 1. The minimum Gasteiger partial charge on any atom is -0.356 e. The maximum Gasteiger partial charge on any atom is 0.264 e. The van der Waals surface area contributed by atoms with Crippen molar-refractivity contribution in [1.29, 1.82) is 0 Å². The molecular formula is C5H11NO4S. The summed E-state index contributed by atoms with van der Waals surface area (Å²) in [6.45, 7) is -1.92. The van der Waals surface area contributed by atoms with Gasteiger partial charge in [0, 0.05) is 18.9 Å². The lowest BCUT2D eigenvalue weighted by molar-refractivity contribution is -0.118. The van der Waals surface area contributed by atoms with Crippen LogP contribution in [0, 0.1) is 0 Å². The third kappa shape index (κ3) is 9.38. The molecule has 0 spiro atoms. The topological polar surface area (TPSA) is 83.5 Å². The van der Waals surface area contributed by atoms with Gasteiger partial charge in [-0.3, -0.25) is 9.35 Å². The van der Waals surface area contributed by atoms with E-state index in [9.17, 15) is 13.2 Å². The lowest BCUT2D eigenvalue weighted by Gasteiger charge is -1.98. The zero-order valence-electron chi connectivity index (χ0n) is 9.79. The average Bonchev–Trinajstić information content (AvgIpc) is 1.75. The smallest absolute Gasteiger partial charge is 0.264 e. The minimum atomic E-state index is -4.67. The number of amides is 1. The molecule has 0 unspecified atom stereocenters. The molecule has 0 aromatic carbocycles. The zero-order chi connectivity index (χ0) is 12.5. The molecule has 0 fully saturated rings. The van der Waals surface area contributed by atoms with Crippen LogP contribution in [-0.2, 0) is 14.9 Å². The average molecular weight is 185 g/mol. The molecule has 0 aliphatic rings. The van der Waals surface area contributed by atoms with Gasteiger partial charge in [-0.25, -0.2) is 0 Å². The Hall–Kier alpha value is -0.620. The van der Waals surface area contributed by atoms with E-state index in [1.165, 1.54) is 0 Å². The second kappa shape index (κ2) is 4.30. The number of carbonyl (C=O) groups excluding carboxylic acids is 1. The van der Waals surface area contributed by atoms with Crippen LogP contribution in [0.5, 0.6) is 0 Å². The molecular weight excluding hydrogens is 170 g/mol. The Kier molecular flexibility index (Phi) is 1.99. The van der Waals surface area contributed by atoms with Gasteiger partial charge in [0.2, 0.25) is 5.91 Å². The van der Waals surface area contributed by atoms with Gasteiger partial charge in [-0.2, -0.15) is 8.42 Å². The van der Waals surface area contributed by atoms with Crippen LogP contribution in [0.25, 0.3) is 0 Å². The lowest BCUT2D eigenvalue weighted by Crippen LogP contribution is -2.22. The first-order valence-corrected chi connectivity index (χ1v) is 4.22. The number of hydrogen-bond acceptors (Lipinski definition) is 3. The highest BCUT2D eigenvalue weighted by atomic mass is 32.2. The van der Waals surface area contributed by atoms with Crippen LogP contribution < -0.4 is 5.32 Å². The highest BCUT2D eigenvalue weighted by Crippen LogP contribution is 1.85. The molecule has 11 heavy (non-hydrogen) atoms. The third-order valence-electron chi connectivity index (χ3n) is 0.581. The van der Waals surface area contributed by atoms with Crippen molar-refractivity contribution in [3.63, 3.8) is 0 Å². The lowest BCUT2D eigenvalue weighted by atomic mass is 10.5. The normalized spacial score (nSPS) is 19.1. The Balaban J connectivity index is 4.92.